The maximum atomic E-state index is 13.3. The molecule has 2 heterocycles. The van der Waals surface area contributed by atoms with Gasteiger partial charge in [-0.2, -0.15) is 13.2 Å². The molecule has 0 amide bonds. The van der Waals surface area contributed by atoms with Crippen LogP contribution in [0.4, 0.5) is 19.1 Å². The molecule has 8 heteroatoms. The maximum Gasteiger partial charge on any atom is 0.433 e. The number of fused-ring (bicyclic) bond motifs is 1. The molecule has 0 bridgehead atoms. The van der Waals surface area contributed by atoms with Crippen LogP contribution in [0.1, 0.15) is 42.4 Å². The number of halogens is 3. The van der Waals surface area contributed by atoms with Gasteiger partial charge in [-0.25, -0.2) is 9.97 Å². The lowest BCUT2D eigenvalue weighted by molar-refractivity contribution is -0.142. The number of nitrogens with zero attached hydrogens (tertiary/aromatic N) is 4. The molecule has 0 spiro atoms. The first kappa shape index (κ1) is 16.6. The van der Waals surface area contributed by atoms with Crippen LogP contribution >= 0.6 is 0 Å². The van der Waals surface area contributed by atoms with E-state index in [1.54, 1.807) is 18.6 Å². The van der Waals surface area contributed by atoms with Crippen molar-refractivity contribution in [2.45, 2.75) is 51.2 Å². The summed E-state index contributed by atoms with van der Waals surface area (Å²) in [5, 5.41) is 2.96. The Hall–Kier alpha value is -2.25. The van der Waals surface area contributed by atoms with Crippen molar-refractivity contribution in [2.24, 2.45) is 0 Å². The molecule has 1 aliphatic rings. The normalized spacial score (nSPS) is 15.7. The van der Waals surface area contributed by atoms with Gasteiger partial charge in [0.1, 0.15) is 0 Å². The summed E-state index contributed by atoms with van der Waals surface area (Å²) in [6.45, 7) is 1.85. The fourth-order valence-electron chi connectivity index (χ4n) is 2.91. The quantitative estimate of drug-likeness (QED) is 0.928. The van der Waals surface area contributed by atoms with Crippen molar-refractivity contribution in [1.82, 2.24) is 19.9 Å². The van der Waals surface area contributed by atoms with Gasteiger partial charge in [0, 0.05) is 42.3 Å². The van der Waals surface area contributed by atoms with Crippen molar-refractivity contribution in [3.8, 4) is 0 Å². The van der Waals surface area contributed by atoms with E-state index in [1.165, 1.54) is 0 Å². The predicted octanol–water partition coefficient (Wildman–Crippen LogP) is 3.21. The summed E-state index contributed by atoms with van der Waals surface area (Å²) in [6.07, 6.45) is 3.40. The fourth-order valence-corrected chi connectivity index (χ4v) is 2.91. The maximum absolute atomic E-state index is 13.3. The first-order chi connectivity index (χ1) is 11.4. The average molecular weight is 337 g/mol. The van der Waals surface area contributed by atoms with Crippen molar-refractivity contribution in [3.63, 3.8) is 0 Å². The molecule has 0 fully saturated rings. The molecule has 1 aliphatic carbocycles. The smallest absolute Gasteiger partial charge is 0.351 e. The van der Waals surface area contributed by atoms with Gasteiger partial charge in [-0.1, -0.05) is 0 Å². The van der Waals surface area contributed by atoms with E-state index in [0.29, 0.717) is 25.0 Å². The van der Waals surface area contributed by atoms with Crippen LogP contribution in [-0.4, -0.2) is 26.0 Å². The molecule has 0 aromatic carbocycles. The third kappa shape index (κ3) is 3.80. The van der Waals surface area contributed by atoms with Crippen LogP contribution in [0.2, 0.25) is 0 Å². The van der Waals surface area contributed by atoms with Crippen molar-refractivity contribution in [3.05, 3.63) is 41.2 Å². The molecular weight excluding hydrogens is 319 g/mol. The third-order valence-corrected chi connectivity index (χ3v) is 3.96. The monoisotopic (exact) mass is 337 g/mol. The molecular formula is C16H18F3N5. The van der Waals surface area contributed by atoms with E-state index >= 15 is 0 Å². The van der Waals surface area contributed by atoms with E-state index in [1.807, 2.05) is 6.92 Å². The van der Waals surface area contributed by atoms with E-state index in [4.69, 9.17) is 0 Å². The highest BCUT2D eigenvalue weighted by Gasteiger charge is 2.38. The molecule has 0 radical (unpaired) electrons. The highest BCUT2D eigenvalue weighted by molar-refractivity contribution is 5.38. The molecule has 128 valence electrons. The van der Waals surface area contributed by atoms with Gasteiger partial charge in [0.25, 0.3) is 0 Å². The molecule has 24 heavy (non-hydrogen) atoms. The van der Waals surface area contributed by atoms with Crippen molar-refractivity contribution in [1.29, 1.82) is 0 Å². The summed E-state index contributed by atoms with van der Waals surface area (Å²) in [5.41, 5.74) is 0.714. The van der Waals surface area contributed by atoms with Gasteiger partial charge in [-0.15, -0.1) is 0 Å². The summed E-state index contributed by atoms with van der Waals surface area (Å²) in [5.74, 6) is 0.0272. The van der Waals surface area contributed by atoms with Crippen LogP contribution in [0.5, 0.6) is 0 Å². The highest BCUT2D eigenvalue weighted by atomic mass is 19.4. The summed E-state index contributed by atoms with van der Waals surface area (Å²) < 4.78 is 39.9. The zero-order valence-electron chi connectivity index (χ0n) is 13.3. The van der Waals surface area contributed by atoms with Gasteiger partial charge < -0.3 is 5.32 Å². The SMILES string of the molecule is CC(Cc1cnccn1)Nc1nc2c(c(C(F)(F)F)n1)CCCC2. The predicted molar refractivity (Wildman–Crippen MR) is 82.5 cm³/mol. The largest absolute Gasteiger partial charge is 0.433 e. The average Bonchev–Trinajstić information content (AvgIpc) is 2.54. The van der Waals surface area contributed by atoms with E-state index in [9.17, 15) is 13.2 Å². The van der Waals surface area contributed by atoms with E-state index < -0.39 is 11.9 Å². The number of hydrogen-bond acceptors (Lipinski definition) is 5. The first-order valence-electron chi connectivity index (χ1n) is 7.92. The van der Waals surface area contributed by atoms with Gasteiger partial charge in [-0.05, 0) is 32.6 Å². The fraction of sp³-hybridized carbons (Fsp3) is 0.500. The Bertz CT molecular complexity index is 703. The number of anilines is 1. The topological polar surface area (TPSA) is 63.6 Å². The van der Waals surface area contributed by atoms with Crippen LogP contribution < -0.4 is 5.32 Å². The summed E-state index contributed by atoms with van der Waals surface area (Å²) >= 11 is 0. The zero-order chi connectivity index (χ0) is 17.2. The minimum absolute atomic E-state index is 0.0272. The second-order valence-electron chi connectivity index (χ2n) is 5.97. The van der Waals surface area contributed by atoms with Crippen LogP contribution in [0, 0.1) is 0 Å². The molecule has 3 rings (SSSR count). The van der Waals surface area contributed by atoms with Gasteiger partial charge in [0.2, 0.25) is 5.95 Å². The minimum atomic E-state index is -4.46. The lowest BCUT2D eigenvalue weighted by Gasteiger charge is -2.22. The van der Waals surface area contributed by atoms with E-state index in [2.05, 4.69) is 25.3 Å². The lowest BCUT2D eigenvalue weighted by Crippen LogP contribution is -2.24. The van der Waals surface area contributed by atoms with Crippen molar-refractivity contribution < 1.29 is 13.2 Å². The standard InChI is InChI=1S/C16H18F3N5/c1-10(8-11-9-20-6-7-21-11)22-15-23-13-5-3-2-4-12(13)14(24-15)16(17,18)19/h6-7,9-10H,2-5,8H2,1H3,(H,22,23,24). The van der Waals surface area contributed by atoms with Gasteiger partial charge in [-0.3, -0.25) is 9.97 Å². The van der Waals surface area contributed by atoms with Gasteiger partial charge >= 0.3 is 6.18 Å². The molecule has 2 aromatic rings. The molecule has 1 N–H and O–H groups in total. The van der Waals surface area contributed by atoms with Crippen molar-refractivity contribution >= 4 is 5.95 Å². The molecule has 5 nitrogen and oxygen atoms in total. The minimum Gasteiger partial charge on any atom is -0.351 e. The number of alkyl halides is 3. The van der Waals surface area contributed by atoms with Crippen LogP contribution in [0.25, 0.3) is 0 Å². The number of nitrogens with one attached hydrogen (secondary N) is 1. The van der Waals surface area contributed by atoms with Crippen molar-refractivity contribution in [2.75, 3.05) is 5.32 Å². The second-order valence-corrected chi connectivity index (χ2v) is 5.97. The molecule has 0 aliphatic heterocycles. The van der Waals surface area contributed by atoms with E-state index in [0.717, 1.165) is 18.5 Å². The number of aromatic nitrogens is 4. The highest BCUT2D eigenvalue weighted by Crippen LogP contribution is 2.35. The Labute approximate surface area is 137 Å². The molecule has 1 atom stereocenters. The Morgan fingerprint density at radius 2 is 1.96 bits per heavy atom. The summed E-state index contributed by atoms with van der Waals surface area (Å²) in [6, 6.07) is -0.163. The van der Waals surface area contributed by atoms with Gasteiger partial charge in [0.15, 0.2) is 5.69 Å². The summed E-state index contributed by atoms with van der Waals surface area (Å²) in [4.78, 5) is 16.2. The zero-order valence-corrected chi connectivity index (χ0v) is 13.3. The Kier molecular flexibility index (Phi) is 4.64. The molecule has 1 unspecified atom stereocenters. The number of hydrogen-bond donors (Lipinski definition) is 1. The van der Waals surface area contributed by atoms with E-state index in [-0.39, 0.29) is 17.6 Å². The van der Waals surface area contributed by atoms with Gasteiger partial charge in [0.05, 0.1) is 5.69 Å². The van der Waals surface area contributed by atoms with Crippen LogP contribution in [0.3, 0.4) is 0 Å². The molecule has 0 saturated carbocycles. The Morgan fingerprint density at radius 3 is 2.67 bits per heavy atom. The number of rotatable bonds is 4. The molecule has 0 saturated heterocycles. The summed E-state index contributed by atoms with van der Waals surface area (Å²) in [7, 11) is 0. The molecule has 2 aromatic heterocycles. The number of aryl methyl sites for hydroxylation is 1. The Morgan fingerprint density at radius 1 is 1.17 bits per heavy atom. The lowest BCUT2D eigenvalue weighted by atomic mass is 9.94. The van der Waals surface area contributed by atoms with Crippen LogP contribution in [0.15, 0.2) is 18.6 Å². The van der Waals surface area contributed by atoms with Crippen LogP contribution in [-0.2, 0) is 25.4 Å². The second kappa shape index (κ2) is 6.70. The Balaban J connectivity index is 1.83. The third-order valence-electron chi connectivity index (χ3n) is 3.96. The first-order valence-corrected chi connectivity index (χ1v) is 7.92.